The van der Waals surface area contributed by atoms with Gasteiger partial charge in [0.1, 0.15) is 0 Å². The molecule has 0 aliphatic heterocycles. The molecule has 0 bridgehead atoms. The fraction of sp³-hybridized carbons (Fsp3) is 0.333. The standard InChI is InChI=1S/C18H20F2N2O3/c1-12(13-7-8-14(19)15(20)11-13)22(2)17(23)6-3-9-21-18(24)16-5-4-10-25-16/h4-5,7-8,10-12H,3,6,9H2,1-2H3,(H,21,24). The van der Waals surface area contributed by atoms with Gasteiger partial charge in [0.25, 0.3) is 5.91 Å². The van der Waals surface area contributed by atoms with Gasteiger partial charge in [-0.1, -0.05) is 6.07 Å². The van der Waals surface area contributed by atoms with Crippen LogP contribution in [0.4, 0.5) is 8.78 Å². The summed E-state index contributed by atoms with van der Waals surface area (Å²) in [6.07, 6.45) is 2.09. The van der Waals surface area contributed by atoms with Crippen molar-refractivity contribution in [2.24, 2.45) is 0 Å². The molecule has 7 heteroatoms. The average Bonchev–Trinajstić information content (AvgIpc) is 3.14. The molecule has 1 N–H and O–H groups in total. The van der Waals surface area contributed by atoms with Crippen molar-refractivity contribution in [3.8, 4) is 0 Å². The number of hydrogen-bond acceptors (Lipinski definition) is 3. The van der Waals surface area contributed by atoms with Crippen LogP contribution in [-0.4, -0.2) is 30.3 Å². The molecule has 1 atom stereocenters. The van der Waals surface area contributed by atoms with Crippen LogP contribution in [0, 0.1) is 11.6 Å². The quantitative estimate of drug-likeness (QED) is 0.780. The van der Waals surface area contributed by atoms with E-state index in [1.54, 1.807) is 26.1 Å². The summed E-state index contributed by atoms with van der Waals surface area (Å²) >= 11 is 0. The molecule has 2 amide bonds. The van der Waals surface area contributed by atoms with Gasteiger partial charge in [0.15, 0.2) is 17.4 Å². The lowest BCUT2D eigenvalue weighted by Crippen LogP contribution is -2.31. The lowest BCUT2D eigenvalue weighted by atomic mass is 10.1. The molecule has 0 spiro atoms. The molecule has 0 fully saturated rings. The van der Waals surface area contributed by atoms with E-state index in [-0.39, 0.29) is 30.0 Å². The van der Waals surface area contributed by atoms with Gasteiger partial charge < -0.3 is 14.6 Å². The highest BCUT2D eigenvalue weighted by atomic mass is 19.2. The number of furan rings is 1. The highest BCUT2D eigenvalue weighted by Crippen LogP contribution is 2.21. The Morgan fingerprint density at radius 1 is 1.24 bits per heavy atom. The maximum atomic E-state index is 13.3. The summed E-state index contributed by atoms with van der Waals surface area (Å²) in [5.41, 5.74) is 0.515. The maximum absolute atomic E-state index is 13.3. The van der Waals surface area contributed by atoms with Crippen LogP contribution in [0.3, 0.4) is 0 Å². The molecule has 25 heavy (non-hydrogen) atoms. The number of carbonyl (C=O) groups excluding carboxylic acids is 2. The Bertz CT molecular complexity index is 732. The molecule has 0 radical (unpaired) electrons. The van der Waals surface area contributed by atoms with E-state index in [2.05, 4.69) is 5.32 Å². The first-order valence-electron chi connectivity index (χ1n) is 7.92. The zero-order valence-corrected chi connectivity index (χ0v) is 14.1. The number of halogens is 2. The maximum Gasteiger partial charge on any atom is 0.286 e. The van der Waals surface area contributed by atoms with E-state index < -0.39 is 11.6 Å². The molecule has 1 heterocycles. The van der Waals surface area contributed by atoms with E-state index in [4.69, 9.17) is 4.42 Å². The number of nitrogens with zero attached hydrogens (tertiary/aromatic N) is 1. The van der Waals surface area contributed by atoms with Crippen molar-refractivity contribution >= 4 is 11.8 Å². The third kappa shape index (κ3) is 4.89. The van der Waals surface area contributed by atoms with Crippen LogP contribution in [0.25, 0.3) is 0 Å². The van der Waals surface area contributed by atoms with Gasteiger partial charge in [0.05, 0.1) is 12.3 Å². The van der Waals surface area contributed by atoms with Crippen LogP contribution in [0.5, 0.6) is 0 Å². The second kappa shape index (κ2) is 8.41. The summed E-state index contributed by atoms with van der Waals surface area (Å²) in [5, 5.41) is 2.66. The molecule has 0 aliphatic rings. The van der Waals surface area contributed by atoms with Crippen molar-refractivity contribution in [3.05, 3.63) is 59.6 Å². The monoisotopic (exact) mass is 350 g/mol. The highest BCUT2D eigenvalue weighted by molar-refractivity contribution is 5.91. The van der Waals surface area contributed by atoms with Gasteiger partial charge in [-0.3, -0.25) is 9.59 Å². The van der Waals surface area contributed by atoms with E-state index >= 15 is 0 Å². The van der Waals surface area contributed by atoms with E-state index in [1.807, 2.05) is 0 Å². The number of nitrogens with one attached hydrogen (secondary N) is 1. The molecule has 134 valence electrons. The topological polar surface area (TPSA) is 62.6 Å². The first-order chi connectivity index (χ1) is 11.9. The van der Waals surface area contributed by atoms with Crippen LogP contribution >= 0.6 is 0 Å². The number of benzene rings is 1. The minimum absolute atomic E-state index is 0.149. The summed E-state index contributed by atoms with van der Waals surface area (Å²) in [6.45, 7) is 2.07. The molecule has 2 rings (SSSR count). The Balaban J connectivity index is 1.79. The lowest BCUT2D eigenvalue weighted by molar-refractivity contribution is -0.131. The van der Waals surface area contributed by atoms with Crippen LogP contribution in [-0.2, 0) is 4.79 Å². The minimum atomic E-state index is -0.939. The molecule has 0 aliphatic carbocycles. The van der Waals surface area contributed by atoms with Gasteiger partial charge in [-0.05, 0) is 43.2 Å². The third-order valence-corrected chi connectivity index (χ3v) is 4.00. The van der Waals surface area contributed by atoms with E-state index in [0.717, 1.165) is 12.1 Å². The van der Waals surface area contributed by atoms with Crippen molar-refractivity contribution in [1.82, 2.24) is 10.2 Å². The molecule has 0 saturated carbocycles. The van der Waals surface area contributed by atoms with Gasteiger partial charge in [-0.25, -0.2) is 8.78 Å². The second-order valence-electron chi connectivity index (χ2n) is 5.69. The van der Waals surface area contributed by atoms with Crippen LogP contribution < -0.4 is 5.32 Å². The number of rotatable bonds is 7. The summed E-state index contributed by atoms with van der Waals surface area (Å²) in [6, 6.07) is 6.37. The fourth-order valence-corrected chi connectivity index (χ4v) is 2.32. The number of carbonyl (C=O) groups is 2. The van der Waals surface area contributed by atoms with Crippen molar-refractivity contribution in [1.29, 1.82) is 0 Å². The normalized spacial score (nSPS) is 11.8. The highest BCUT2D eigenvalue weighted by Gasteiger charge is 2.18. The second-order valence-corrected chi connectivity index (χ2v) is 5.69. The Morgan fingerprint density at radius 3 is 2.64 bits per heavy atom. The van der Waals surface area contributed by atoms with Crippen molar-refractivity contribution in [2.45, 2.75) is 25.8 Å². The van der Waals surface area contributed by atoms with Crippen LogP contribution in [0.15, 0.2) is 41.0 Å². The first-order valence-corrected chi connectivity index (χ1v) is 7.92. The molecule has 5 nitrogen and oxygen atoms in total. The van der Waals surface area contributed by atoms with E-state index in [0.29, 0.717) is 18.5 Å². The molecular weight excluding hydrogens is 330 g/mol. The molecule has 1 unspecified atom stereocenters. The van der Waals surface area contributed by atoms with E-state index in [9.17, 15) is 18.4 Å². The SMILES string of the molecule is CC(c1ccc(F)c(F)c1)N(C)C(=O)CCCNC(=O)c1ccco1. The average molecular weight is 350 g/mol. The Morgan fingerprint density at radius 2 is 2.00 bits per heavy atom. The number of amides is 2. The zero-order valence-electron chi connectivity index (χ0n) is 14.1. The molecule has 0 saturated heterocycles. The molecule has 2 aromatic rings. The Kier molecular flexibility index (Phi) is 6.27. The Labute approximate surface area is 144 Å². The van der Waals surface area contributed by atoms with Crippen molar-refractivity contribution < 1.29 is 22.8 Å². The van der Waals surface area contributed by atoms with Gasteiger partial charge >= 0.3 is 0 Å². The predicted octanol–water partition coefficient (Wildman–Crippen LogP) is 3.29. The van der Waals surface area contributed by atoms with Crippen molar-refractivity contribution in [3.63, 3.8) is 0 Å². The number of hydrogen-bond donors (Lipinski definition) is 1. The summed E-state index contributed by atoms with van der Waals surface area (Å²) in [7, 11) is 1.61. The molecule has 1 aromatic carbocycles. The summed E-state index contributed by atoms with van der Waals surface area (Å²) < 4.78 is 31.3. The van der Waals surface area contributed by atoms with Crippen LogP contribution in [0.1, 0.15) is 41.9 Å². The van der Waals surface area contributed by atoms with Crippen LogP contribution in [0.2, 0.25) is 0 Å². The molecule has 1 aromatic heterocycles. The third-order valence-electron chi connectivity index (χ3n) is 4.00. The minimum Gasteiger partial charge on any atom is -0.459 e. The Hall–Kier alpha value is -2.70. The van der Waals surface area contributed by atoms with Crippen molar-refractivity contribution in [2.75, 3.05) is 13.6 Å². The van der Waals surface area contributed by atoms with Gasteiger partial charge in [-0.15, -0.1) is 0 Å². The van der Waals surface area contributed by atoms with Gasteiger partial charge in [0, 0.05) is 20.0 Å². The fourth-order valence-electron chi connectivity index (χ4n) is 2.32. The van der Waals surface area contributed by atoms with Gasteiger partial charge in [0.2, 0.25) is 5.91 Å². The largest absolute Gasteiger partial charge is 0.459 e. The lowest BCUT2D eigenvalue weighted by Gasteiger charge is -2.25. The summed E-state index contributed by atoms with van der Waals surface area (Å²) in [5.74, 6) is -2.12. The van der Waals surface area contributed by atoms with Gasteiger partial charge in [-0.2, -0.15) is 0 Å². The predicted molar refractivity (Wildman–Crippen MR) is 87.8 cm³/mol. The van der Waals surface area contributed by atoms with E-state index in [1.165, 1.54) is 17.2 Å². The summed E-state index contributed by atoms with van der Waals surface area (Å²) in [4.78, 5) is 25.4. The first kappa shape index (κ1) is 18.6. The molecular formula is C18H20F2N2O3. The smallest absolute Gasteiger partial charge is 0.286 e. The zero-order chi connectivity index (χ0) is 18.4.